The summed E-state index contributed by atoms with van der Waals surface area (Å²) in [5, 5.41) is 4.47. The van der Waals surface area contributed by atoms with Gasteiger partial charge in [0.05, 0.1) is 0 Å². The second-order valence-corrected chi connectivity index (χ2v) is 6.74. The monoisotopic (exact) mass is 247 g/mol. The van der Waals surface area contributed by atoms with Gasteiger partial charge in [0.15, 0.2) is 0 Å². The van der Waals surface area contributed by atoms with Crippen LogP contribution in [0.4, 0.5) is 0 Å². The standard InChI is InChI=1S/C12H25NS2/c1-2-3-4-5-6-7-13-10-12-11-14-8-9-15-12/h12-13H,2-11H2,1H3. The molecule has 0 amide bonds. The molecular formula is C12H25NS2. The largest absolute Gasteiger partial charge is 0.316 e. The van der Waals surface area contributed by atoms with Crippen LogP contribution in [-0.2, 0) is 0 Å². The summed E-state index contributed by atoms with van der Waals surface area (Å²) in [4.78, 5) is 0. The van der Waals surface area contributed by atoms with Crippen molar-refractivity contribution >= 4 is 23.5 Å². The molecule has 1 aliphatic rings. The fourth-order valence-electron chi connectivity index (χ4n) is 1.77. The van der Waals surface area contributed by atoms with E-state index < -0.39 is 0 Å². The highest BCUT2D eigenvalue weighted by Crippen LogP contribution is 2.23. The summed E-state index contributed by atoms with van der Waals surface area (Å²) in [6.07, 6.45) is 6.96. The SMILES string of the molecule is CCCCCCCNCC1CSCCS1. The van der Waals surface area contributed by atoms with Crippen LogP contribution >= 0.6 is 23.5 Å². The van der Waals surface area contributed by atoms with Crippen LogP contribution in [0.15, 0.2) is 0 Å². The van der Waals surface area contributed by atoms with Crippen LogP contribution in [0.3, 0.4) is 0 Å². The Labute approximate surface area is 104 Å². The third-order valence-corrected chi connectivity index (χ3v) is 5.56. The first-order chi connectivity index (χ1) is 7.43. The van der Waals surface area contributed by atoms with Crippen molar-refractivity contribution in [3.8, 4) is 0 Å². The number of thioether (sulfide) groups is 2. The lowest BCUT2D eigenvalue weighted by molar-refractivity contribution is 0.584. The Kier molecular flexibility index (Phi) is 9.02. The van der Waals surface area contributed by atoms with Crippen LogP contribution in [0.25, 0.3) is 0 Å². The van der Waals surface area contributed by atoms with Gasteiger partial charge in [-0.25, -0.2) is 0 Å². The van der Waals surface area contributed by atoms with Crippen molar-refractivity contribution in [3.63, 3.8) is 0 Å². The summed E-state index contributed by atoms with van der Waals surface area (Å²) in [6.45, 7) is 4.73. The predicted molar refractivity (Wildman–Crippen MR) is 75.2 cm³/mol. The molecule has 0 aromatic heterocycles. The molecule has 1 nitrogen and oxygen atoms in total. The summed E-state index contributed by atoms with van der Waals surface area (Å²) in [7, 11) is 0. The van der Waals surface area contributed by atoms with Crippen molar-refractivity contribution in [1.29, 1.82) is 0 Å². The zero-order valence-electron chi connectivity index (χ0n) is 9.96. The second kappa shape index (κ2) is 9.86. The van der Waals surface area contributed by atoms with Crippen LogP contribution in [0.1, 0.15) is 39.0 Å². The minimum Gasteiger partial charge on any atom is -0.316 e. The van der Waals surface area contributed by atoms with Crippen molar-refractivity contribution in [1.82, 2.24) is 5.32 Å². The van der Waals surface area contributed by atoms with E-state index >= 15 is 0 Å². The highest BCUT2D eigenvalue weighted by atomic mass is 32.2. The van der Waals surface area contributed by atoms with E-state index in [1.165, 1.54) is 62.5 Å². The molecule has 0 aromatic carbocycles. The molecule has 0 bridgehead atoms. The zero-order valence-corrected chi connectivity index (χ0v) is 11.6. The van der Waals surface area contributed by atoms with E-state index in [2.05, 4.69) is 35.8 Å². The molecule has 1 heterocycles. The molecule has 1 N–H and O–H groups in total. The van der Waals surface area contributed by atoms with Crippen molar-refractivity contribution < 1.29 is 0 Å². The van der Waals surface area contributed by atoms with Gasteiger partial charge >= 0.3 is 0 Å². The molecule has 1 aliphatic heterocycles. The van der Waals surface area contributed by atoms with E-state index in [-0.39, 0.29) is 0 Å². The number of rotatable bonds is 8. The van der Waals surface area contributed by atoms with Crippen molar-refractivity contribution in [3.05, 3.63) is 0 Å². The fraction of sp³-hybridized carbons (Fsp3) is 1.00. The lowest BCUT2D eigenvalue weighted by Gasteiger charge is -2.21. The number of unbranched alkanes of at least 4 members (excludes halogenated alkanes) is 4. The van der Waals surface area contributed by atoms with Gasteiger partial charge in [0.1, 0.15) is 0 Å². The van der Waals surface area contributed by atoms with Gasteiger partial charge in [-0.2, -0.15) is 23.5 Å². The Morgan fingerprint density at radius 2 is 2.00 bits per heavy atom. The predicted octanol–water partition coefficient (Wildman–Crippen LogP) is 3.40. The second-order valence-electron chi connectivity index (χ2n) is 4.19. The van der Waals surface area contributed by atoms with Gasteiger partial charge in [0.2, 0.25) is 0 Å². The summed E-state index contributed by atoms with van der Waals surface area (Å²) < 4.78 is 0. The molecule has 3 heteroatoms. The Bertz CT molecular complexity index is 136. The Hall–Kier alpha value is 0.660. The smallest absolute Gasteiger partial charge is 0.0263 e. The molecule has 0 aromatic rings. The average molecular weight is 247 g/mol. The van der Waals surface area contributed by atoms with Gasteiger partial charge in [-0.1, -0.05) is 32.6 Å². The molecule has 1 rings (SSSR count). The molecule has 90 valence electrons. The van der Waals surface area contributed by atoms with Gasteiger partial charge in [0.25, 0.3) is 0 Å². The molecular weight excluding hydrogens is 222 g/mol. The highest BCUT2D eigenvalue weighted by Gasteiger charge is 2.12. The third-order valence-electron chi connectivity index (χ3n) is 2.71. The molecule has 0 radical (unpaired) electrons. The van der Waals surface area contributed by atoms with Crippen molar-refractivity contribution in [2.24, 2.45) is 0 Å². The fourth-order valence-corrected chi connectivity index (χ4v) is 4.42. The minimum atomic E-state index is 0.874. The molecule has 1 fully saturated rings. The lowest BCUT2D eigenvalue weighted by atomic mass is 10.1. The van der Waals surface area contributed by atoms with E-state index in [1.54, 1.807) is 0 Å². The molecule has 0 saturated carbocycles. The molecule has 0 aliphatic carbocycles. The molecule has 15 heavy (non-hydrogen) atoms. The van der Waals surface area contributed by atoms with Crippen LogP contribution < -0.4 is 5.32 Å². The maximum absolute atomic E-state index is 3.60. The first-order valence-electron chi connectivity index (χ1n) is 6.33. The van der Waals surface area contributed by atoms with Gasteiger partial charge in [0, 0.05) is 29.1 Å². The molecule has 1 atom stereocenters. The van der Waals surface area contributed by atoms with Gasteiger partial charge in [-0.15, -0.1) is 0 Å². The van der Waals surface area contributed by atoms with E-state index in [4.69, 9.17) is 0 Å². The average Bonchev–Trinajstić information content (AvgIpc) is 2.29. The zero-order chi connectivity index (χ0) is 10.8. The Balaban J connectivity index is 1.79. The first-order valence-corrected chi connectivity index (χ1v) is 8.54. The van der Waals surface area contributed by atoms with E-state index in [9.17, 15) is 0 Å². The minimum absolute atomic E-state index is 0.874. The van der Waals surface area contributed by atoms with E-state index in [1.807, 2.05) is 0 Å². The summed E-state index contributed by atoms with van der Waals surface area (Å²) >= 11 is 4.27. The van der Waals surface area contributed by atoms with Crippen LogP contribution in [-0.4, -0.2) is 35.6 Å². The maximum Gasteiger partial charge on any atom is 0.0263 e. The summed E-state index contributed by atoms with van der Waals surface area (Å²) in [5.74, 6) is 4.07. The summed E-state index contributed by atoms with van der Waals surface area (Å²) in [5.41, 5.74) is 0. The lowest BCUT2D eigenvalue weighted by Crippen LogP contribution is -2.29. The Morgan fingerprint density at radius 1 is 1.13 bits per heavy atom. The van der Waals surface area contributed by atoms with Crippen LogP contribution in [0.5, 0.6) is 0 Å². The van der Waals surface area contributed by atoms with Gasteiger partial charge in [-0.3, -0.25) is 0 Å². The molecule has 0 spiro atoms. The van der Waals surface area contributed by atoms with Gasteiger partial charge < -0.3 is 5.32 Å². The summed E-state index contributed by atoms with van der Waals surface area (Å²) in [6, 6.07) is 0. The van der Waals surface area contributed by atoms with Crippen LogP contribution in [0.2, 0.25) is 0 Å². The number of hydrogen-bond donors (Lipinski definition) is 1. The maximum atomic E-state index is 3.60. The van der Waals surface area contributed by atoms with Gasteiger partial charge in [-0.05, 0) is 13.0 Å². The van der Waals surface area contributed by atoms with E-state index in [0.29, 0.717) is 0 Å². The number of nitrogens with one attached hydrogen (secondary N) is 1. The molecule has 1 unspecified atom stereocenters. The normalized spacial score (nSPS) is 21.8. The quantitative estimate of drug-likeness (QED) is 0.660. The van der Waals surface area contributed by atoms with Crippen molar-refractivity contribution in [2.45, 2.75) is 44.3 Å². The topological polar surface area (TPSA) is 12.0 Å². The Morgan fingerprint density at radius 3 is 2.73 bits per heavy atom. The first kappa shape index (κ1) is 13.7. The van der Waals surface area contributed by atoms with Crippen molar-refractivity contribution in [2.75, 3.05) is 30.3 Å². The van der Waals surface area contributed by atoms with E-state index in [0.717, 1.165) is 5.25 Å². The molecule has 1 saturated heterocycles. The number of hydrogen-bond acceptors (Lipinski definition) is 3. The van der Waals surface area contributed by atoms with Crippen LogP contribution in [0, 0.1) is 0 Å². The highest BCUT2D eigenvalue weighted by molar-refractivity contribution is 8.06. The third kappa shape index (κ3) is 7.53.